The van der Waals surface area contributed by atoms with Gasteiger partial charge in [0.15, 0.2) is 11.5 Å². The third kappa shape index (κ3) is 4.96. The van der Waals surface area contributed by atoms with Crippen molar-refractivity contribution in [3.8, 4) is 11.5 Å². The fraction of sp³-hybridized carbons (Fsp3) is 0.227. The summed E-state index contributed by atoms with van der Waals surface area (Å²) < 4.78 is 11.1. The number of anilines is 2. The zero-order valence-corrected chi connectivity index (χ0v) is 17.2. The van der Waals surface area contributed by atoms with Crippen LogP contribution in [0, 0.1) is 5.92 Å². The predicted octanol–water partition coefficient (Wildman–Crippen LogP) is 4.33. The summed E-state index contributed by atoms with van der Waals surface area (Å²) in [6, 6.07) is 12.1. The summed E-state index contributed by atoms with van der Waals surface area (Å²) in [7, 11) is 1.53. The Morgan fingerprint density at radius 3 is 2.60 bits per heavy atom. The summed E-state index contributed by atoms with van der Waals surface area (Å²) in [4.78, 5) is 28.8. The molecule has 0 saturated heterocycles. The van der Waals surface area contributed by atoms with E-state index in [0.29, 0.717) is 35.0 Å². The minimum Gasteiger partial charge on any atom is -0.493 e. The Bertz CT molecular complexity index is 1050. The third-order valence-electron chi connectivity index (χ3n) is 4.62. The van der Waals surface area contributed by atoms with Crippen LogP contribution in [0.5, 0.6) is 11.5 Å². The highest BCUT2D eigenvalue weighted by Crippen LogP contribution is 2.31. The quantitative estimate of drug-likeness (QED) is 0.563. The summed E-state index contributed by atoms with van der Waals surface area (Å²) in [6.45, 7) is 0.324. The number of methoxy groups -OCH3 is 1. The number of amides is 2. The SMILES string of the molecule is COc1cc(C(=O)Nc2cccc(NC(=O)C3CC3)c2)ccc1OCc1cscn1. The van der Waals surface area contributed by atoms with E-state index in [-0.39, 0.29) is 17.7 Å². The van der Waals surface area contributed by atoms with Crippen molar-refractivity contribution >= 4 is 34.5 Å². The van der Waals surface area contributed by atoms with Crippen molar-refractivity contribution in [1.29, 1.82) is 0 Å². The minimum absolute atomic E-state index is 0.0245. The highest BCUT2D eigenvalue weighted by atomic mass is 32.1. The van der Waals surface area contributed by atoms with E-state index in [9.17, 15) is 9.59 Å². The van der Waals surface area contributed by atoms with Crippen LogP contribution in [0.4, 0.5) is 11.4 Å². The second kappa shape index (κ2) is 8.96. The summed E-state index contributed by atoms with van der Waals surface area (Å²) in [5.41, 5.74) is 4.26. The van der Waals surface area contributed by atoms with Crippen molar-refractivity contribution < 1.29 is 19.1 Å². The van der Waals surface area contributed by atoms with Crippen molar-refractivity contribution in [3.05, 3.63) is 64.6 Å². The molecule has 0 spiro atoms. The van der Waals surface area contributed by atoms with Gasteiger partial charge in [-0.2, -0.15) is 0 Å². The van der Waals surface area contributed by atoms with Crippen LogP contribution in [0.15, 0.2) is 53.4 Å². The molecule has 2 N–H and O–H groups in total. The van der Waals surface area contributed by atoms with E-state index >= 15 is 0 Å². The molecule has 1 aromatic heterocycles. The maximum atomic E-state index is 12.7. The van der Waals surface area contributed by atoms with Crippen LogP contribution in [0.1, 0.15) is 28.9 Å². The molecule has 0 unspecified atom stereocenters. The second-order valence-electron chi connectivity index (χ2n) is 6.93. The van der Waals surface area contributed by atoms with Crippen LogP contribution in [0.25, 0.3) is 0 Å². The predicted molar refractivity (Wildman–Crippen MR) is 115 cm³/mol. The Balaban J connectivity index is 1.42. The number of aromatic nitrogens is 1. The average Bonchev–Trinajstić information content (AvgIpc) is 3.48. The average molecular weight is 423 g/mol. The van der Waals surface area contributed by atoms with Gasteiger partial charge in [-0.3, -0.25) is 9.59 Å². The molecule has 2 aromatic carbocycles. The lowest BCUT2D eigenvalue weighted by molar-refractivity contribution is -0.117. The van der Waals surface area contributed by atoms with Gasteiger partial charge in [-0.05, 0) is 49.2 Å². The van der Waals surface area contributed by atoms with E-state index in [0.717, 1.165) is 18.5 Å². The molecule has 1 fully saturated rings. The molecule has 1 aliphatic carbocycles. The Labute approximate surface area is 178 Å². The first-order valence-corrected chi connectivity index (χ1v) is 10.5. The first kappa shape index (κ1) is 19.9. The van der Waals surface area contributed by atoms with Gasteiger partial charge in [-0.1, -0.05) is 6.07 Å². The van der Waals surface area contributed by atoms with Crippen molar-refractivity contribution in [2.45, 2.75) is 19.4 Å². The first-order chi connectivity index (χ1) is 14.6. The maximum Gasteiger partial charge on any atom is 0.255 e. The Morgan fingerprint density at radius 2 is 1.90 bits per heavy atom. The minimum atomic E-state index is -0.287. The number of benzene rings is 2. The second-order valence-corrected chi connectivity index (χ2v) is 7.65. The van der Waals surface area contributed by atoms with E-state index in [1.165, 1.54) is 18.4 Å². The van der Waals surface area contributed by atoms with E-state index in [2.05, 4.69) is 15.6 Å². The van der Waals surface area contributed by atoms with Crippen molar-refractivity contribution in [1.82, 2.24) is 4.98 Å². The number of nitrogens with one attached hydrogen (secondary N) is 2. The molecule has 4 rings (SSSR count). The van der Waals surface area contributed by atoms with Gasteiger partial charge in [-0.15, -0.1) is 11.3 Å². The van der Waals surface area contributed by atoms with Crippen LogP contribution in [0.2, 0.25) is 0 Å². The molecule has 0 bridgehead atoms. The van der Waals surface area contributed by atoms with Crippen LogP contribution in [0.3, 0.4) is 0 Å². The van der Waals surface area contributed by atoms with Crippen molar-refractivity contribution in [2.75, 3.05) is 17.7 Å². The lowest BCUT2D eigenvalue weighted by atomic mass is 10.1. The smallest absolute Gasteiger partial charge is 0.255 e. The third-order valence-corrected chi connectivity index (χ3v) is 5.26. The summed E-state index contributed by atoms with van der Waals surface area (Å²) in [5.74, 6) is 0.851. The van der Waals surface area contributed by atoms with E-state index in [1.807, 2.05) is 5.38 Å². The van der Waals surface area contributed by atoms with Gasteiger partial charge >= 0.3 is 0 Å². The highest BCUT2D eigenvalue weighted by Gasteiger charge is 2.29. The Kier molecular flexibility index (Phi) is 5.94. The normalized spacial score (nSPS) is 12.8. The fourth-order valence-corrected chi connectivity index (χ4v) is 3.40. The number of hydrogen-bond donors (Lipinski definition) is 2. The number of carbonyl (C=O) groups excluding carboxylic acids is 2. The molecule has 3 aromatic rings. The first-order valence-electron chi connectivity index (χ1n) is 9.52. The van der Waals surface area contributed by atoms with Crippen LogP contribution in [-0.2, 0) is 11.4 Å². The van der Waals surface area contributed by atoms with Gasteiger partial charge < -0.3 is 20.1 Å². The molecule has 0 atom stereocenters. The molecule has 1 heterocycles. The molecule has 2 amide bonds. The van der Waals surface area contributed by atoms with Gasteiger partial charge in [0.05, 0.1) is 18.3 Å². The molecule has 30 heavy (non-hydrogen) atoms. The monoisotopic (exact) mass is 423 g/mol. The molecule has 8 heteroatoms. The molecular weight excluding hydrogens is 402 g/mol. The lowest BCUT2D eigenvalue weighted by Gasteiger charge is -2.12. The van der Waals surface area contributed by atoms with Crippen LogP contribution in [-0.4, -0.2) is 23.9 Å². The van der Waals surface area contributed by atoms with Gasteiger partial charge in [0, 0.05) is 28.2 Å². The van der Waals surface area contributed by atoms with Crippen LogP contribution < -0.4 is 20.1 Å². The highest BCUT2D eigenvalue weighted by molar-refractivity contribution is 7.07. The number of rotatable bonds is 8. The molecule has 1 aliphatic rings. The number of ether oxygens (including phenoxy) is 2. The number of thiazole rings is 1. The fourth-order valence-electron chi connectivity index (χ4n) is 2.86. The lowest BCUT2D eigenvalue weighted by Crippen LogP contribution is -2.15. The zero-order valence-electron chi connectivity index (χ0n) is 16.4. The number of carbonyl (C=O) groups is 2. The van der Waals surface area contributed by atoms with Crippen molar-refractivity contribution in [3.63, 3.8) is 0 Å². The maximum absolute atomic E-state index is 12.7. The Hall–Kier alpha value is -3.39. The van der Waals surface area contributed by atoms with Crippen molar-refractivity contribution in [2.24, 2.45) is 5.92 Å². The molecule has 154 valence electrons. The Morgan fingerprint density at radius 1 is 1.10 bits per heavy atom. The molecule has 0 radical (unpaired) electrons. The van der Waals surface area contributed by atoms with Crippen LogP contribution >= 0.6 is 11.3 Å². The summed E-state index contributed by atoms with van der Waals surface area (Å²) >= 11 is 1.50. The summed E-state index contributed by atoms with van der Waals surface area (Å²) in [5, 5.41) is 7.64. The number of nitrogens with zero attached hydrogens (tertiary/aromatic N) is 1. The van der Waals surface area contributed by atoms with E-state index in [1.54, 1.807) is 48.0 Å². The van der Waals surface area contributed by atoms with E-state index in [4.69, 9.17) is 9.47 Å². The van der Waals surface area contributed by atoms with Gasteiger partial charge in [0.25, 0.3) is 5.91 Å². The number of hydrogen-bond acceptors (Lipinski definition) is 6. The molecule has 1 saturated carbocycles. The zero-order chi connectivity index (χ0) is 20.9. The van der Waals surface area contributed by atoms with Gasteiger partial charge in [0.1, 0.15) is 6.61 Å². The molecule has 7 nitrogen and oxygen atoms in total. The van der Waals surface area contributed by atoms with Gasteiger partial charge in [0.2, 0.25) is 5.91 Å². The topological polar surface area (TPSA) is 89.6 Å². The van der Waals surface area contributed by atoms with E-state index < -0.39 is 0 Å². The van der Waals surface area contributed by atoms with Gasteiger partial charge in [-0.25, -0.2) is 4.98 Å². The summed E-state index contributed by atoms with van der Waals surface area (Å²) in [6.07, 6.45) is 1.88. The molecule has 0 aliphatic heterocycles. The largest absolute Gasteiger partial charge is 0.493 e. The molecular formula is C22H21N3O4S. The standard InChI is InChI=1S/C22H21N3O4S/c1-28-20-9-15(7-8-19(20)29-11-18-12-30-13-23-18)22(27)25-17-4-2-3-16(10-17)24-21(26)14-5-6-14/h2-4,7-10,12-14H,5-6,11H2,1H3,(H,24,26)(H,25,27).